The molecule has 3 aromatic rings. The van der Waals surface area contributed by atoms with E-state index in [0.717, 1.165) is 11.1 Å². The highest BCUT2D eigenvalue weighted by Crippen LogP contribution is 2.33. The molecule has 0 bridgehead atoms. The Morgan fingerprint density at radius 1 is 1.05 bits per heavy atom. The summed E-state index contributed by atoms with van der Waals surface area (Å²) < 4.78 is 33.2. The minimum Gasteiger partial charge on any atom is -0.495 e. The van der Waals surface area contributed by atoms with Crippen molar-refractivity contribution in [2.75, 3.05) is 20.2 Å². The maximum Gasteiger partial charge on any atom is 0.326 e. The molecule has 1 aliphatic rings. The number of sulfonamides is 1. The van der Waals surface area contributed by atoms with Crippen LogP contribution in [0.2, 0.25) is 15.1 Å². The van der Waals surface area contributed by atoms with Gasteiger partial charge in [-0.05, 0) is 60.4 Å². The fraction of sp³-hybridized carbons (Fsp3) is 0.286. The molecule has 2 atom stereocenters. The highest BCUT2D eigenvalue weighted by molar-refractivity contribution is 7.89. The second-order valence-corrected chi connectivity index (χ2v) is 12.6. The Morgan fingerprint density at radius 2 is 1.73 bits per heavy atom. The summed E-state index contributed by atoms with van der Waals surface area (Å²) in [6, 6.07) is 15.4. The Morgan fingerprint density at radius 3 is 2.40 bits per heavy atom. The summed E-state index contributed by atoms with van der Waals surface area (Å²) >= 11 is 18.4. The normalized spacial score (nSPS) is 16.8. The average Bonchev–Trinajstić information content (AvgIpc) is 2.94. The molecule has 1 saturated heterocycles. The lowest BCUT2D eigenvalue weighted by Crippen LogP contribution is -2.50. The number of hydrogen-bond donors (Lipinski definition) is 2. The molecular formula is C28H27Cl3N2O6S. The molecule has 0 aliphatic carbocycles. The number of amides is 1. The number of piperidine rings is 1. The van der Waals surface area contributed by atoms with Gasteiger partial charge in [-0.1, -0.05) is 59.1 Å². The van der Waals surface area contributed by atoms with E-state index in [0.29, 0.717) is 28.5 Å². The van der Waals surface area contributed by atoms with Crippen LogP contribution in [0.4, 0.5) is 0 Å². The number of methoxy groups -OCH3 is 1. The van der Waals surface area contributed by atoms with E-state index in [4.69, 9.17) is 39.5 Å². The van der Waals surface area contributed by atoms with Gasteiger partial charge in [-0.15, -0.1) is 0 Å². The standard InChI is InChI=1S/C28H27Cl3N2O6S/c1-39-25-11-9-21(30)15-26(25)40(37,38)33-12-2-3-19(16-33)27(34)32-24(28(35)36)13-17-4-6-18(7-5-17)22-14-20(29)8-10-23(22)31/h4-11,14-15,19,24H,2-3,12-13,16H2,1H3,(H,32,34)(H,35,36)/t19?,24-/m0/s1. The van der Waals surface area contributed by atoms with Gasteiger partial charge in [-0.3, -0.25) is 4.79 Å². The van der Waals surface area contributed by atoms with Gasteiger partial charge in [-0.2, -0.15) is 4.31 Å². The molecule has 3 aromatic carbocycles. The van der Waals surface area contributed by atoms with Gasteiger partial charge in [0.05, 0.1) is 13.0 Å². The second-order valence-electron chi connectivity index (χ2n) is 9.42. The van der Waals surface area contributed by atoms with E-state index in [1.807, 2.05) is 12.1 Å². The minimum atomic E-state index is -4.01. The van der Waals surface area contributed by atoms with E-state index < -0.39 is 33.9 Å². The van der Waals surface area contributed by atoms with Crippen LogP contribution in [0.5, 0.6) is 5.75 Å². The molecule has 40 heavy (non-hydrogen) atoms. The Balaban J connectivity index is 1.45. The molecule has 1 unspecified atom stereocenters. The number of carboxylic acids is 1. The topological polar surface area (TPSA) is 113 Å². The molecule has 2 N–H and O–H groups in total. The van der Waals surface area contributed by atoms with Crippen LogP contribution in [0.3, 0.4) is 0 Å². The number of carboxylic acid groups (broad SMARTS) is 1. The van der Waals surface area contributed by atoms with Crippen LogP contribution in [0.15, 0.2) is 65.6 Å². The monoisotopic (exact) mass is 624 g/mol. The van der Waals surface area contributed by atoms with E-state index >= 15 is 0 Å². The second kappa shape index (κ2) is 12.8. The molecule has 8 nitrogen and oxygen atoms in total. The first kappa shape index (κ1) is 30.1. The van der Waals surface area contributed by atoms with E-state index in [-0.39, 0.29) is 35.2 Å². The lowest BCUT2D eigenvalue weighted by atomic mass is 9.97. The van der Waals surface area contributed by atoms with Crippen LogP contribution in [0.25, 0.3) is 11.1 Å². The number of carbonyl (C=O) groups excluding carboxylic acids is 1. The highest BCUT2D eigenvalue weighted by Gasteiger charge is 2.36. The molecule has 0 saturated carbocycles. The van der Waals surface area contributed by atoms with Crippen molar-refractivity contribution in [1.29, 1.82) is 0 Å². The predicted octanol–water partition coefficient (Wildman–Crippen LogP) is 5.54. The highest BCUT2D eigenvalue weighted by atomic mass is 35.5. The van der Waals surface area contributed by atoms with Gasteiger partial charge in [0, 0.05) is 40.1 Å². The van der Waals surface area contributed by atoms with Gasteiger partial charge in [0.2, 0.25) is 15.9 Å². The quantitative estimate of drug-likeness (QED) is 0.323. The van der Waals surface area contributed by atoms with Crippen LogP contribution < -0.4 is 10.1 Å². The van der Waals surface area contributed by atoms with E-state index in [1.54, 1.807) is 30.3 Å². The van der Waals surface area contributed by atoms with E-state index in [1.165, 1.54) is 29.6 Å². The van der Waals surface area contributed by atoms with Crippen molar-refractivity contribution in [3.63, 3.8) is 0 Å². The Kier molecular flexibility index (Phi) is 9.64. The van der Waals surface area contributed by atoms with E-state index in [2.05, 4.69) is 5.32 Å². The number of carbonyl (C=O) groups is 2. The first-order valence-corrected chi connectivity index (χ1v) is 15.0. The van der Waals surface area contributed by atoms with Crippen molar-refractivity contribution in [2.24, 2.45) is 5.92 Å². The SMILES string of the molecule is COc1ccc(Cl)cc1S(=O)(=O)N1CCCC(C(=O)N[C@@H](Cc2ccc(-c3cc(Cl)ccc3Cl)cc2)C(=O)O)C1. The molecule has 1 amide bonds. The molecular weight excluding hydrogens is 599 g/mol. The first-order chi connectivity index (χ1) is 19.0. The van der Waals surface area contributed by atoms with Crippen LogP contribution in [0, 0.1) is 5.92 Å². The number of hydrogen-bond acceptors (Lipinski definition) is 5. The van der Waals surface area contributed by atoms with Crippen molar-refractivity contribution in [1.82, 2.24) is 9.62 Å². The smallest absolute Gasteiger partial charge is 0.326 e. The molecule has 0 radical (unpaired) electrons. The average molecular weight is 626 g/mol. The molecule has 4 rings (SSSR count). The Hall–Kier alpha value is -2.82. The molecule has 0 aromatic heterocycles. The lowest BCUT2D eigenvalue weighted by molar-refractivity contribution is -0.142. The largest absolute Gasteiger partial charge is 0.495 e. The summed E-state index contributed by atoms with van der Waals surface area (Å²) in [5, 5.41) is 13.7. The van der Waals surface area contributed by atoms with Gasteiger partial charge >= 0.3 is 5.97 Å². The number of nitrogens with zero attached hydrogens (tertiary/aromatic N) is 1. The Bertz CT molecular complexity index is 1510. The zero-order chi connectivity index (χ0) is 29.0. The number of aliphatic carboxylic acids is 1. The fourth-order valence-corrected chi connectivity index (χ4v) is 6.97. The zero-order valence-electron chi connectivity index (χ0n) is 21.4. The summed E-state index contributed by atoms with van der Waals surface area (Å²) in [6.07, 6.45) is 0.899. The number of halogens is 3. The zero-order valence-corrected chi connectivity index (χ0v) is 24.5. The van der Waals surface area contributed by atoms with Crippen molar-refractivity contribution in [3.05, 3.63) is 81.3 Å². The molecule has 0 spiro atoms. The predicted molar refractivity (Wildman–Crippen MR) is 155 cm³/mol. The summed E-state index contributed by atoms with van der Waals surface area (Å²) in [4.78, 5) is 25.1. The lowest BCUT2D eigenvalue weighted by Gasteiger charge is -2.32. The minimum absolute atomic E-state index is 0.0408. The number of benzene rings is 3. The van der Waals surface area contributed by atoms with Crippen molar-refractivity contribution >= 4 is 56.7 Å². The van der Waals surface area contributed by atoms with Crippen LogP contribution in [0.1, 0.15) is 18.4 Å². The van der Waals surface area contributed by atoms with Gasteiger partial charge in [0.1, 0.15) is 16.7 Å². The molecule has 1 aliphatic heterocycles. The van der Waals surface area contributed by atoms with Gasteiger partial charge in [-0.25, -0.2) is 13.2 Å². The number of nitrogens with one attached hydrogen (secondary N) is 1. The van der Waals surface area contributed by atoms with Gasteiger partial charge in [0.15, 0.2) is 0 Å². The third-order valence-corrected chi connectivity index (χ3v) is 9.43. The van der Waals surface area contributed by atoms with Crippen LogP contribution >= 0.6 is 34.8 Å². The van der Waals surface area contributed by atoms with Crippen LogP contribution in [-0.2, 0) is 26.0 Å². The summed E-state index contributed by atoms with van der Waals surface area (Å²) in [7, 11) is -2.65. The molecule has 1 heterocycles. The summed E-state index contributed by atoms with van der Waals surface area (Å²) in [5.74, 6) is -2.29. The molecule has 212 valence electrons. The molecule has 1 fully saturated rings. The van der Waals surface area contributed by atoms with Crippen molar-refractivity contribution in [3.8, 4) is 16.9 Å². The van der Waals surface area contributed by atoms with Gasteiger partial charge < -0.3 is 15.2 Å². The Labute approximate surface area is 247 Å². The third-order valence-electron chi connectivity index (χ3n) is 6.75. The first-order valence-electron chi connectivity index (χ1n) is 12.4. The fourth-order valence-electron chi connectivity index (χ4n) is 4.63. The summed E-state index contributed by atoms with van der Waals surface area (Å²) in [5.41, 5.74) is 2.25. The maximum atomic E-state index is 13.4. The van der Waals surface area contributed by atoms with Crippen molar-refractivity contribution in [2.45, 2.75) is 30.2 Å². The number of rotatable bonds is 9. The van der Waals surface area contributed by atoms with Gasteiger partial charge in [0.25, 0.3) is 0 Å². The third kappa shape index (κ3) is 6.90. The van der Waals surface area contributed by atoms with E-state index in [9.17, 15) is 23.1 Å². The molecule has 12 heteroatoms. The van der Waals surface area contributed by atoms with Crippen LogP contribution in [-0.4, -0.2) is 55.9 Å². The maximum absolute atomic E-state index is 13.4. The summed E-state index contributed by atoms with van der Waals surface area (Å²) in [6.45, 7) is 0.123. The number of ether oxygens (including phenoxy) is 1. The van der Waals surface area contributed by atoms with Crippen molar-refractivity contribution < 1.29 is 27.9 Å².